The molecule has 34 heavy (non-hydrogen) atoms. The van der Waals surface area contributed by atoms with Gasteiger partial charge in [0.15, 0.2) is 0 Å². The molecule has 0 atom stereocenters. The third-order valence-electron chi connectivity index (χ3n) is 5.71. The number of aryl methyl sites for hydroxylation is 2. The molecule has 0 aliphatic rings. The Hall–Kier alpha value is -1.70. The van der Waals surface area contributed by atoms with Crippen LogP contribution in [0.3, 0.4) is 0 Å². The monoisotopic (exact) mass is 576 g/mol. The summed E-state index contributed by atoms with van der Waals surface area (Å²) in [6, 6.07) is 34.8. The summed E-state index contributed by atoms with van der Waals surface area (Å²) in [5, 5.41) is 10.8. The van der Waals surface area contributed by atoms with E-state index in [1.165, 1.54) is 54.2 Å². The molecule has 0 aromatic heterocycles. The van der Waals surface area contributed by atoms with Crippen LogP contribution in [0.25, 0.3) is 43.1 Å². The van der Waals surface area contributed by atoms with Gasteiger partial charge < -0.3 is 24.8 Å². The van der Waals surface area contributed by atoms with E-state index >= 15 is 0 Å². The Kier molecular flexibility index (Phi) is 10.8. The van der Waals surface area contributed by atoms with E-state index in [0.717, 1.165) is 0 Å². The standard InChI is InChI=1S/2C14H11.C2H6Si.2ClH.Zr/c2*1-10-6-7-13-8-11-4-2-3-5-12(11)9-14(10)13;1-3-2;;;/h2*2-9H,1H3;1-2H3;2*1H;/q2*-1;;;;+2/p-2. The zero-order chi connectivity index (χ0) is 22.7. The van der Waals surface area contributed by atoms with E-state index in [1.807, 2.05) is 0 Å². The second-order valence-electron chi connectivity index (χ2n) is 8.61. The van der Waals surface area contributed by atoms with Gasteiger partial charge in [-0.25, -0.2) is 0 Å². The van der Waals surface area contributed by atoms with Crippen LogP contribution in [0, 0.1) is 13.8 Å². The second-order valence-corrected chi connectivity index (χ2v) is 18.0. The van der Waals surface area contributed by atoms with Crippen molar-refractivity contribution in [3.63, 3.8) is 0 Å². The summed E-state index contributed by atoms with van der Waals surface area (Å²) in [6.45, 7) is 8.94. The summed E-state index contributed by atoms with van der Waals surface area (Å²) < 4.78 is 0. The molecular formula is C30H28Cl2SiZr-2. The smallest absolute Gasteiger partial charge is 0.0370 e. The normalized spacial score (nSPS) is 10.1. The summed E-state index contributed by atoms with van der Waals surface area (Å²) in [5.41, 5.74) is 2.94. The Labute approximate surface area is 230 Å². The Bertz CT molecular complexity index is 1430. The fraction of sp³-hybridized carbons (Fsp3) is 0.133. The fourth-order valence-electron chi connectivity index (χ4n) is 4.08. The first-order valence-corrected chi connectivity index (χ1v) is 17.2. The molecule has 0 N–H and O–H groups in total. The van der Waals surface area contributed by atoms with E-state index in [9.17, 15) is 0 Å². The number of fused-ring (bicyclic) bond motifs is 4. The number of hydrogen-bond donors (Lipinski definition) is 0. The van der Waals surface area contributed by atoms with Crippen LogP contribution in [0.2, 0.25) is 13.1 Å². The third kappa shape index (κ3) is 6.70. The minimum absolute atomic E-state index is 0. The molecule has 6 aromatic rings. The van der Waals surface area contributed by atoms with Crippen LogP contribution in [-0.4, -0.2) is 5.43 Å². The third-order valence-corrected chi connectivity index (χ3v) is 5.71. The molecule has 0 amide bonds. The van der Waals surface area contributed by atoms with Gasteiger partial charge in [-0.3, -0.25) is 0 Å². The van der Waals surface area contributed by atoms with Crippen molar-refractivity contribution in [3.8, 4) is 0 Å². The Morgan fingerprint density at radius 1 is 0.588 bits per heavy atom. The van der Waals surface area contributed by atoms with Gasteiger partial charge in [0.2, 0.25) is 0 Å². The predicted molar refractivity (Wildman–Crippen MR) is 141 cm³/mol. The first-order valence-electron chi connectivity index (χ1n) is 11.0. The number of rotatable bonds is 0. The predicted octanol–water partition coefficient (Wildman–Crippen LogP) is 2.83. The maximum atomic E-state index is 2.31. The van der Waals surface area contributed by atoms with Crippen LogP contribution in [0.4, 0.5) is 0 Å². The molecule has 0 fully saturated rings. The van der Waals surface area contributed by atoms with Crippen LogP contribution in [-0.2, 0) is 23.3 Å². The molecule has 0 nitrogen and oxygen atoms in total. The van der Waals surface area contributed by atoms with Crippen LogP contribution in [0.15, 0.2) is 97.1 Å². The summed E-state index contributed by atoms with van der Waals surface area (Å²) >= 11 is 1.74. The van der Waals surface area contributed by atoms with E-state index in [1.54, 1.807) is 23.3 Å². The van der Waals surface area contributed by atoms with Crippen molar-refractivity contribution < 1.29 is 48.1 Å². The first kappa shape index (κ1) is 28.5. The van der Waals surface area contributed by atoms with Crippen molar-refractivity contribution in [2.45, 2.75) is 26.9 Å². The molecule has 0 radical (unpaired) electrons. The summed E-state index contributed by atoms with van der Waals surface area (Å²) in [7, 11) is 0. The van der Waals surface area contributed by atoms with Gasteiger partial charge in [-0.2, -0.15) is 23.3 Å². The number of benzene rings is 4. The molecule has 6 rings (SSSR count). The largest absolute Gasteiger partial charge is 1.00 e. The summed E-state index contributed by atoms with van der Waals surface area (Å²) in [5.74, 6) is 0. The van der Waals surface area contributed by atoms with E-state index in [-0.39, 0.29) is 30.2 Å². The molecule has 0 spiro atoms. The minimum Gasteiger partial charge on any atom is -1.00 e. The molecule has 0 bridgehead atoms. The van der Waals surface area contributed by atoms with Gasteiger partial charge in [0.1, 0.15) is 0 Å². The Morgan fingerprint density at radius 3 is 1.21 bits per heavy atom. The van der Waals surface area contributed by atoms with E-state index in [2.05, 4.69) is 124 Å². The SMILES string of the molecule is C[Si](C)=[Zr+2].Cc1c[cH-]c2cc3ccccc3cc12.Cc1c[cH-]c2cc3ccccc3cc12.[Cl-].[Cl-]. The van der Waals surface area contributed by atoms with E-state index < -0.39 is 0 Å². The van der Waals surface area contributed by atoms with Crippen molar-refractivity contribution in [1.29, 1.82) is 0 Å². The number of hydrogen-bond acceptors (Lipinski definition) is 0. The average molecular weight is 579 g/mol. The summed E-state index contributed by atoms with van der Waals surface area (Å²) in [4.78, 5) is 0. The van der Waals surface area contributed by atoms with Crippen molar-refractivity contribution in [1.82, 2.24) is 0 Å². The van der Waals surface area contributed by atoms with Crippen molar-refractivity contribution in [2.75, 3.05) is 0 Å². The molecule has 0 saturated heterocycles. The van der Waals surface area contributed by atoms with E-state index in [0.29, 0.717) is 0 Å². The molecule has 0 heterocycles. The maximum Gasteiger partial charge on any atom is -0.0370 e. The zero-order valence-corrected chi connectivity index (χ0v) is 25.0. The topological polar surface area (TPSA) is 0 Å². The molecule has 0 aliphatic carbocycles. The first-order chi connectivity index (χ1) is 15.4. The molecule has 0 aliphatic heterocycles. The van der Waals surface area contributed by atoms with E-state index in [4.69, 9.17) is 0 Å². The summed E-state index contributed by atoms with van der Waals surface area (Å²) in [6.07, 6.45) is 0. The molecule has 172 valence electrons. The van der Waals surface area contributed by atoms with Crippen molar-refractivity contribution >= 4 is 48.5 Å². The Morgan fingerprint density at radius 2 is 0.882 bits per heavy atom. The van der Waals surface area contributed by atoms with Gasteiger partial charge in [-0.15, -0.1) is 45.8 Å². The molecule has 4 heteroatoms. The van der Waals surface area contributed by atoms with Gasteiger partial charge in [0, 0.05) is 0 Å². The van der Waals surface area contributed by atoms with Gasteiger partial charge in [-0.1, -0.05) is 85.3 Å². The average Bonchev–Trinajstić information content (AvgIpc) is 3.33. The van der Waals surface area contributed by atoms with Crippen LogP contribution >= 0.6 is 0 Å². The molecule has 6 aromatic carbocycles. The van der Waals surface area contributed by atoms with Gasteiger partial charge in [0.25, 0.3) is 0 Å². The Balaban J connectivity index is 0.000000198. The van der Waals surface area contributed by atoms with Gasteiger partial charge in [0.05, 0.1) is 0 Å². The quantitative estimate of drug-likeness (QED) is 0.192. The zero-order valence-electron chi connectivity index (χ0n) is 20.0. The van der Waals surface area contributed by atoms with Crippen LogP contribution in [0.1, 0.15) is 11.1 Å². The van der Waals surface area contributed by atoms with Crippen LogP contribution < -0.4 is 24.8 Å². The van der Waals surface area contributed by atoms with Gasteiger partial charge in [-0.05, 0) is 10.8 Å². The minimum atomic E-state index is 0. The number of halogens is 2. The second kappa shape index (κ2) is 12.8. The van der Waals surface area contributed by atoms with Crippen LogP contribution in [0.5, 0.6) is 0 Å². The maximum absolute atomic E-state index is 2.31. The molecular weight excluding hydrogens is 551 g/mol. The van der Waals surface area contributed by atoms with Crippen molar-refractivity contribution in [3.05, 3.63) is 108 Å². The fourth-order valence-corrected chi connectivity index (χ4v) is 4.08. The van der Waals surface area contributed by atoms with Gasteiger partial charge >= 0.3 is 41.9 Å². The van der Waals surface area contributed by atoms with Crippen molar-refractivity contribution in [2.24, 2.45) is 0 Å². The molecule has 0 unspecified atom stereocenters. The molecule has 0 saturated carbocycles.